The summed E-state index contributed by atoms with van der Waals surface area (Å²) in [6.45, 7) is 6.82. The molecule has 166 valence electrons. The Kier molecular flexibility index (Phi) is 6.20. The van der Waals surface area contributed by atoms with Crippen LogP contribution in [-0.2, 0) is 6.61 Å². The molecule has 1 N–H and O–H groups in total. The summed E-state index contributed by atoms with van der Waals surface area (Å²) < 4.78 is 25.8. The molecule has 0 unspecified atom stereocenters. The zero-order chi connectivity index (χ0) is 22.9. The lowest BCUT2D eigenvalue weighted by Gasteiger charge is -2.33. The van der Waals surface area contributed by atoms with Gasteiger partial charge >= 0.3 is 0 Å². The number of halogens is 1. The predicted octanol–water partition coefficient (Wildman–Crippen LogP) is 7.41. The molecule has 0 radical (unpaired) electrons. The topological polar surface area (TPSA) is 30.5 Å². The van der Waals surface area contributed by atoms with Gasteiger partial charge in [0.1, 0.15) is 23.9 Å². The summed E-state index contributed by atoms with van der Waals surface area (Å²) in [6, 6.07) is 16.9. The van der Waals surface area contributed by atoms with Crippen LogP contribution in [0.2, 0.25) is 0 Å². The first-order valence-corrected chi connectivity index (χ1v) is 11.8. The van der Waals surface area contributed by atoms with Gasteiger partial charge in [0.25, 0.3) is 0 Å². The predicted molar refractivity (Wildman–Crippen MR) is 132 cm³/mol. The van der Waals surface area contributed by atoms with Crippen LogP contribution in [0.1, 0.15) is 31.9 Å². The smallest absolute Gasteiger partial charge is 0.133 e. The van der Waals surface area contributed by atoms with E-state index in [0.717, 1.165) is 38.6 Å². The Bertz CT molecular complexity index is 1190. The van der Waals surface area contributed by atoms with Crippen LogP contribution in [-0.4, -0.2) is 18.9 Å². The summed E-state index contributed by atoms with van der Waals surface area (Å²) in [4.78, 5) is 1.09. The number of fused-ring (bicyclic) bond motifs is 1. The number of allylic oxidation sites excluding steroid dienone is 1. The van der Waals surface area contributed by atoms with E-state index in [2.05, 4.69) is 50.4 Å². The monoisotopic (exact) mass is 449 g/mol. The second-order valence-electron chi connectivity index (χ2n) is 8.47. The van der Waals surface area contributed by atoms with Gasteiger partial charge in [0.2, 0.25) is 0 Å². The van der Waals surface area contributed by atoms with Crippen LogP contribution in [0.3, 0.4) is 0 Å². The Morgan fingerprint density at radius 1 is 1.00 bits per heavy atom. The van der Waals surface area contributed by atoms with Gasteiger partial charge in [-0.05, 0) is 68.5 Å². The molecule has 5 heteroatoms. The Labute approximate surface area is 193 Å². The third-order valence-electron chi connectivity index (χ3n) is 5.64. The summed E-state index contributed by atoms with van der Waals surface area (Å²) in [5.74, 6) is 1.02. The number of ether oxygens (including phenoxy) is 2. The van der Waals surface area contributed by atoms with Gasteiger partial charge < -0.3 is 14.8 Å². The molecule has 0 aliphatic carbocycles. The molecule has 0 aromatic heterocycles. The first kappa shape index (κ1) is 22.3. The van der Waals surface area contributed by atoms with Crippen molar-refractivity contribution < 1.29 is 13.9 Å². The van der Waals surface area contributed by atoms with Gasteiger partial charge in [0, 0.05) is 33.3 Å². The van der Waals surface area contributed by atoms with E-state index >= 15 is 0 Å². The fourth-order valence-electron chi connectivity index (χ4n) is 4.38. The number of rotatable bonds is 6. The van der Waals surface area contributed by atoms with Crippen LogP contribution < -0.4 is 14.8 Å². The van der Waals surface area contributed by atoms with Crippen LogP contribution in [0.15, 0.2) is 65.6 Å². The molecule has 1 aliphatic rings. The second-order valence-corrected chi connectivity index (χ2v) is 9.32. The highest BCUT2D eigenvalue weighted by atomic mass is 32.2. The molecule has 0 atom stereocenters. The van der Waals surface area contributed by atoms with Crippen molar-refractivity contribution in [3.05, 3.63) is 77.6 Å². The number of benzene rings is 3. The molecule has 3 aromatic rings. The lowest BCUT2D eigenvalue weighted by molar-refractivity contribution is 0.299. The molecule has 1 aliphatic heterocycles. The number of anilines is 1. The molecule has 32 heavy (non-hydrogen) atoms. The molecular weight excluding hydrogens is 421 g/mol. The highest BCUT2D eigenvalue weighted by molar-refractivity contribution is 7.98. The van der Waals surface area contributed by atoms with Gasteiger partial charge in [-0.2, -0.15) is 0 Å². The Hall–Kier alpha value is -2.92. The van der Waals surface area contributed by atoms with Crippen molar-refractivity contribution in [3.63, 3.8) is 0 Å². The van der Waals surface area contributed by atoms with Gasteiger partial charge in [0.05, 0.1) is 12.6 Å². The molecule has 0 saturated heterocycles. The maximum Gasteiger partial charge on any atom is 0.133 e. The molecule has 0 fully saturated rings. The minimum atomic E-state index is -0.324. The second kappa shape index (κ2) is 8.91. The van der Waals surface area contributed by atoms with Gasteiger partial charge in [-0.1, -0.05) is 24.3 Å². The molecule has 4 rings (SSSR count). The highest BCUT2D eigenvalue weighted by Gasteiger charge is 2.27. The lowest BCUT2D eigenvalue weighted by atomic mass is 9.85. The Morgan fingerprint density at radius 3 is 2.50 bits per heavy atom. The van der Waals surface area contributed by atoms with Crippen LogP contribution in [0, 0.1) is 5.82 Å². The van der Waals surface area contributed by atoms with Crippen LogP contribution in [0.5, 0.6) is 11.5 Å². The fraction of sp³-hybridized carbons (Fsp3) is 0.259. The average molecular weight is 450 g/mol. The van der Waals surface area contributed by atoms with Crippen molar-refractivity contribution in [2.24, 2.45) is 0 Å². The van der Waals surface area contributed by atoms with E-state index in [1.165, 1.54) is 17.7 Å². The zero-order valence-electron chi connectivity index (χ0n) is 19.1. The van der Waals surface area contributed by atoms with Gasteiger partial charge in [-0.15, -0.1) is 11.8 Å². The van der Waals surface area contributed by atoms with Crippen LogP contribution >= 0.6 is 11.8 Å². The lowest BCUT2D eigenvalue weighted by Crippen LogP contribution is -2.32. The number of hydrogen-bond donors (Lipinski definition) is 1. The summed E-state index contributed by atoms with van der Waals surface area (Å²) in [5, 5.41) is 3.62. The molecule has 0 saturated carbocycles. The van der Waals surface area contributed by atoms with Crippen molar-refractivity contribution in [2.75, 3.05) is 18.7 Å². The minimum absolute atomic E-state index is 0.143. The third-order valence-corrected chi connectivity index (χ3v) is 6.41. The van der Waals surface area contributed by atoms with E-state index in [9.17, 15) is 4.39 Å². The van der Waals surface area contributed by atoms with E-state index < -0.39 is 0 Å². The Balaban J connectivity index is 1.87. The quantitative estimate of drug-likeness (QED) is 0.397. The van der Waals surface area contributed by atoms with Crippen molar-refractivity contribution in [1.82, 2.24) is 0 Å². The van der Waals surface area contributed by atoms with Crippen molar-refractivity contribution in [2.45, 2.75) is 37.8 Å². The number of para-hydroxylation sites is 1. The number of hydrogen-bond acceptors (Lipinski definition) is 4. The van der Waals surface area contributed by atoms with E-state index in [1.54, 1.807) is 24.9 Å². The number of thioether (sulfide) groups is 1. The molecule has 0 spiro atoms. The summed E-state index contributed by atoms with van der Waals surface area (Å²) >= 11 is 1.66. The van der Waals surface area contributed by atoms with E-state index in [0.29, 0.717) is 12.4 Å². The largest absolute Gasteiger partial charge is 0.496 e. The molecule has 3 nitrogen and oxygen atoms in total. The normalized spacial score (nSPS) is 14.2. The van der Waals surface area contributed by atoms with E-state index in [-0.39, 0.29) is 11.4 Å². The highest BCUT2D eigenvalue weighted by Crippen LogP contribution is 2.43. The molecular formula is C27H28FNO2S. The first-order valence-electron chi connectivity index (χ1n) is 10.6. The van der Waals surface area contributed by atoms with Crippen molar-refractivity contribution in [1.29, 1.82) is 0 Å². The zero-order valence-corrected chi connectivity index (χ0v) is 19.9. The standard InChI is InChI=1S/C27H28FNO2S/c1-17-15-27(2,3)29-22-13-12-19(20-11-10-18(28)14-24(20)30-4)21(26(17)22)16-31-23-8-6-7-9-25(23)32-5/h6-15,29H,16H2,1-5H3. The molecule has 1 heterocycles. The van der Waals surface area contributed by atoms with E-state index in [1.807, 2.05) is 24.5 Å². The first-order chi connectivity index (χ1) is 15.3. The maximum absolute atomic E-state index is 13.9. The van der Waals surface area contributed by atoms with Gasteiger partial charge in [0.15, 0.2) is 0 Å². The summed E-state index contributed by atoms with van der Waals surface area (Å²) in [6.07, 6.45) is 4.28. The minimum Gasteiger partial charge on any atom is -0.496 e. The van der Waals surface area contributed by atoms with Crippen molar-refractivity contribution >= 4 is 23.0 Å². The fourth-order valence-corrected chi connectivity index (χ4v) is 4.92. The van der Waals surface area contributed by atoms with Crippen LogP contribution in [0.4, 0.5) is 10.1 Å². The number of nitrogens with one attached hydrogen (secondary N) is 1. The molecule has 3 aromatic carbocycles. The average Bonchev–Trinajstić information content (AvgIpc) is 2.76. The maximum atomic E-state index is 13.9. The summed E-state index contributed by atoms with van der Waals surface area (Å²) in [5.41, 5.74) is 6.08. The van der Waals surface area contributed by atoms with E-state index in [4.69, 9.17) is 9.47 Å². The SMILES string of the molecule is COc1cc(F)ccc1-c1ccc2c(c1COc1ccccc1SC)C(C)=CC(C)(C)N2. The summed E-state index contributed by atoms with van der Waals surface area (Å²) in [7, 11) is 1.57. The van der Waals surface area contributed by atoms with Gasteiger partial charge in [-0.3, -0.25) is 0 Å². The Morgan fingerprint density at radius 2 is 1.75 bits per heavy atom. The number of methoxy groups -OCH3 is 1. The molecule has 0 amide bonds. The molecule has 0 bridgehead atoms. The van der Waals surface area contributed by atoms with Crippen molar-refractivity contribution in [3.8, 4) is 22.6 Å². The van der Waals surface area contributed by atoms with Gasteiger partial charge in [-0.25, -0.2) is 4.39 Å². The third kappa shape index (κ3) is 4.35. The van der Waals surface area contributed by atoms with Crippen LogP contribution in [0.25, 0.3) is 16.7 Å².